The standard InChI is InChI=1S/C13H18F3NO2/c1-2-6-19-11-5-3-4-10(7-11)12(8-18)17-9-13(14,15)16/h3-5,7,12,17-18H,2,6,8-9H2,1H3. The smallest absolute Gasteiger partial charge is 0.401 e. The first-order chi connectivity index (χ1) is 8.96. The van der Waals surface area contributed by atoms with Gasteiger partial charge in [-0.25, -0.2) is 0 Å². The molecule has 6 heteroatoms. The van der Waals surface area contributed by atoms with E-state index in [0.717, 1.165) is 6.42 Å². The molecule has 19 heavy (non-hydrogen) atoms. The number of ether oxygens (including phenoxy) is 1. The molecular formula is C13H18F3NO2. The van der Waals surface area contributed by atoms with Gasteiger partial charge in [-0.1, -0.05) is 19.1 Å². The molecule has 0 fully saturated rings. The number of alkyl halides is 3. The third-order valence-electron chi connectivity index (χ3n) is 2.46. The average molecular weight is 277 g/mol. The molecule has 0 aromatic heterocycles. The van der Waals surface area contributed by atoms with Crippen LogP contribution in [0, 0.1) is 0 Å². The number of aliphatic hydroxyl groups excluding tert-OH is 1. The van der Waals surface area contributed by atoms with Crippen LogP contribution < -0.4 is 10.1 Å². The van der Waals surface area contributed by atoms with Crippen LogP contribution in [0.4, 0.5) is 13.2 Å². The SMILES string of the molecule is CCCOc1cccc(C(CO)NCC(F)(F)F)c1. The fourth-order valence-corrected chi connectivity index (χ4v) is 1.57. The first-order valence-corrected chi connectivity index (χ1v) is 6.10. The van der Waals surface area contributed by atoms with Gasteiger partial charge in [0, 0.05) is 0 Å². The van der Waals surface area contributed by atoms with Crippen molar-refractivity contribution in [1.29, 1.82) is 0 Å². The summed E-state index contributed by atoms with van der Waals surface area (Å²) < 4.78 is 41.8. The lowest BCUT2D eigenvalue weighted by Crippen LogP contribution is -2.33. The fraction of sp³-hybridized carbons (Fsp3) is 0.538. The number of hydrogen-bond acceptors (Lipinski definition) is 3. The number of benzene rings is 1. The number of halogens is 3. The maximum absolute atomic E-state index is 12.1. The highest BCUT2D eigenvalue weighted by Gasteiger charge is 2.28. The van der Waals surface area contributed by atoms with Crippen molar-refractivity contribution >= 4 is 0 Å². The van der Waals surface area contributed by atoms with Crippen LogP contribution in [0.3, 0.4) is 0 Å². The summed E-state index contributed by atoms with van der Waals surface area (Å²) in [7, 11) is 0. The van der Waals surface area contributed by atoms with Crippen molar-refractivity contribution in [2.24, 2.45) is 0 Å². The van der Waals surface area contributed by atoms with Gasteiger partial charge >= 0.3 is 6.18 Å². The molecule has 1 unspecified atom stereocenters. The largest absolute Gasteiger partial charge is 0.494 e. The third kappa shape index (κ3) is 5.94. The quantitative estimate of drug-likeness (QED) is 0.805. The summed E-state index contributed by atoms with van der Waals surface area (Å²) in [6, 6.07) is 5.96. The minimum atomic E-state index is -4.30. The van der Waals surface area contributed by atoms with Crippen LogP contribution in [0.25, 0.3) is 0 Å². The third-order valence-corrected chi connectivity index (χ3v) is 2.46. The Balaban J connectivity index is 2.69. The zero-order valence-electron chi connectivity index (χ0n) is 10.7. The van der Waals surface area contributed by atoms with E-state index in [1.54, 1.807) is 24.3 Å². The van der Waals surface area contributed by atoms with E-state index in [1.807, 2.05) is 6.92 Å². The molecule has 0 amide bonds. The molecule has 1 rings (SSSR count). The van der Waals surface area contributed by atoms with Gasteiger partial charge in [-0.3, -0.25) is 5.32 Å². The molecule has 0 heterocycles. The molecule has 108 valence electrons. The van der Waals surface area contributed by atoms with Crippen LogP contribution >= 0.6 is 0 Å². The Labute approximate surface area is 110 Å². The molecule has 0 aliphatic heterocycles. The van der Waals surface area contributed by atoms with Crippen LogP contribution in [0.1, 0.15) is 24.9 Å². The molecule has 0 saturated carbocycles. The van der Waals surface area contributed by atoms with E-state index in [2.05, 4.69) is 5.32 Å². The summed E-state index contributed by atoms with van der Waals surface area (Å²) in [6.45, 7) is 0.958. The number of aliphatic hydroxyl groups is 1. The second-order valence-electron chi connectivity index (χ2n) is 4.15. The lowest BCUT2D eigenvalue weighted by molar-refractivity contribution is -0.126. The van der Waals surface area contributed by atoms with E-state index in [0.29, 0.717) is 17.9 Å². The van der Waals surface area contributed by atoms with Crippen LogP contribution in [0.5, 0.6) is 5.75 Å². The van der Waals surface area contributed by atoms with E-state index in [4.69, 9.17) is 4.74 Å². The van der Waals surface area contributed by atoms with Crippen molar-refractivity contribution in [3.63, 3.8) is 0 Å². The van der Waals surface area contributed by atoms with E-state index in [1.165, 1.54) is 0 Å². The average Bonchev–Trinajstić information content (AvgIpc) is 2.36. The molecule has 0 aliphatic rings. The molecule has 2 N–H and O–H groups in total. The van der Waals surface area contributed by atoms with E-state index in [9.17, 15) is 18.3 Å². The van der Waals surface area contributed by atoms with Crippen molar-refractivity contribution in [2.45, 2.75) is 25.6 Å². The highest BCUT2D eigenvalue weighted by atomic mass is 19.4. The molecular weight excluding hydrogens is 259 g/mol. The van der Waals surface area contributed by atoms with Crippen molar-refractivity contribution in [3.05, 3.63) is 29.8 Å². The first-order valence-electron chi connectivity index (χ1n) is 6.10. The molecule has 1 atom stereocenters. The van der Waals surface area contributed by atoms with Gasteiger partial charge in [0.1, 0.15) is 5.75 Å². The first kappa shape index (κ1) is 15.8. The van der Waals surface area contributed by atoms with E-state index < -0.39 is 25.4 Å². The Morgan fingerprint density at radius 1 is 1.37 bits per heavy atom. The number of nitrogens with one attached hydrogen (secondary N) is 1. The Morgan fingerprint density at radius 3 is 2.68 bits per heavy atom. The van der Waals surface area contributed by atoms with Gasteiger partial charge in [-0.2, -0.15) is 13.2 Å². The summed E-state index contributed by atoms with van der Waals surface area (Å²) in [5, 5.41) is 11.5. The van der Waals surface area contributed by atoms with Gasteiger partial charge in [0.05, 0.1) is 25.8 Å². The molecule has 0 bridgehead atoms. The summed E-state index contributed by atoms with van der Waals surface area (Å²) >= 11 is 0. The Bertz CT molecular complexity index is 382. The molecule has 0 spiro atoms. The summed E-state index contributed by atoms with van der Waals surface area (Å²) in [6.07, 6.45) is -3.45. The van der Waals surface area contributed by atoms with Crippen LogP contribution in [-0.4, -0.2) is 31.0 Å². The summed E-state index contributed by atoms with van der Waals surface area (Å²) in [5.74, 6) is 0.589. The van der Waals surface area contributed by atoms with Gasteiger partial charge in [0.15, 0.2) is 0 Å². The maximum Gasteiger partial charge on any atom is 0.401 e. The van der Waals surface area contributed by atoms with Crippen LogP contribution in [-0.2, 0) is 0 Å². The summed E-state index contributed by atoms with van der Waals surface area (Å²) in [5.41, 5.74) is 0.570. The van der Waals surface area contributed by atoms with E-state index >= 15 is 0 Å². The van der Waals surface area contributed by atoms with E-state index in [-0.39, 0.29) is 0 Å². The van der Waals surface area contributed by atoms with Crippen molar-refractivity contribution < 1.29 is 23.0 Å². The number of rotatable bonds is 7. The maximum atomic E-state index is 12.1. The zero-order chi connectivity index (χ0) is 14.3. The lowest BCUT2D eigenvalue weighted by atomic mass is 10.1. The highest BCUT2D eigenvalue weighted by Crippen LogP contribution is 2.21. The zero-order valence-corrected chi connectivity index (χ0v) is 10.7. The second-order valence-corrected chi connectivity index (χ2v) is 4.15. The lowest BCUT2D eigenvalue weighted by Gasteiger charge is -2.18. The van der Waals surface area contributed by atoms with Crippen molar-refractivity contribution in [3.8, 4) is 5.75 Å². The molecule has 1 aromatic carbocycles. The fourth-order valence-electron chi connectivity index (χ4n) is 1.57. The van der Waals surface area contributed by atoms with Crippen LogP contribution in [0.15, 0.2) is 24.3 Å². The molecule has 0 radical (unpaired) electrons. The van der Waals surface area contributed by atoms with Gasteiger partial charge in [-0.05, 0) is 24.1 Å². The van der Waals surface area contributed by atoms with Gasteiger partial charge in [0.2, 0.25) is 0 Å². The molecule has 0 aliphatic carbocycles. The van der Waals surface area contributed by atoms with Crippen LogP contribution in [0.2, 0.25) is 0 Å². The molecule has 1 aromatic rings. The predicted molar refractivity (Wildman–Crippen MR) is 66.1 cm³/mol. The topological polar surface area (TPSA) is 41.5 Å². The minimum Gasteiger partial charge on any atom is -0.494 e. The Morgan fingerprint density at radius 2 is 2.11 bits per heavy atom. The second kappa shape index (κ2) is 7.35. The van der Waals surface area contributed by atoms with Crippen molar-refractivity contribution in [1.82, 2.24) is 5.32 Å². The van der Waals surface area contributed by atoms with Gasteiger partial charge < -0.3 is 9.84 Å². The Kier molecular flexibility index (Phi) is 6.11. The Hall–Kier alpha value is -1.27. The molecule has 3 nitrogen and oxygen atoms in total. The monoisotopic (exact) mass is 277 g/mol. The van der Waals surface area contributed by atoms with Gasteiger partial charge in [0.25, 0.3) is 0 Å². The molecule has 0 saturated heterocycles. The van der Waals surface area contributed by atoms with Crippen molar-refractivity contribution in [2.75, 3.05) is 19.8 Å². The highest BCUT2D eigenvalue weighted by molar-refractivity contribution is 5.30. The predicted octanol–water partition coefficient (Wildman–Crippen LogP) is 2.66. The summed E-state index contributed by atoms with van der Waals surface area (Å²) in [4.78, 5) is 0. The normalized spacial score (nSPS) is 13.3. The minimum absolute atomic E-state index is 0.409. The number of hydrogen-bond donors (Lipinski definition) is 2. The van der Waals surface area contributed by atoms with Gasteiger partial charge in [-0.15, -0.1) is 0 Å².